The molecule has 2 aliphatic heterocycles. The third-order valence-electron chi connectivity index (χ3n) is 4.33. The summed E-state index contributed by atoms with van der Waals surface area (Å²) in [6.07, 6.45) is 5.09. The van der Waals surface area contributed by atoms with E-state index in [9.17, 15) is 0 Å². The molecule has 2 aliphatic rings. The van der Waals surface area contributed by atoms with Gasteiger partial charge in [-0.3, -0.25) is 4.90 Å². The van der Waals surface area contributed by atoms with E-state index in [0.29, 0.717) is 12.1 Å². The zero-order valence-electron chi connectivity index (χ0n) is 12.4. The highest BCUT2D eigenvalue weighted by molar-refractivity contribution is 7.71. The van der Waals surface area contributed by atoms with Crippen LogP contribution >= 0.6 is 12.2 Å². The number of rotatable bonds is 2. The second-order valence-corrected chi connectivity index (χ2v) is 6.43. The van der Waals surface area contributed by atoms with E-state index >= 15 is 0 Å². The Balaban J connectivity index is 1.79. The molecule has 0 aromatic carbocycles. The van der Waals surface area contributed by atoms with Crippen LogP contribution in [-0.2, 0) is 24.4 Å². The first-order valence-corrected chi connectivity index (χ1v) is 8.08. The fourth-order valence-corrected chi connectivity index (χ4v) is 3.35. The lowest BCUT2D eigenvalue weighted by Gasteiger charge is -2.36. The van der Waals surface area contributed by atoms with Crippen molar-refractivity contribution in [3.63, 3.8) is 0 Å². The van der Waals surface area contributed by atoms with Gasteiger partial charge in [0.15, 0.2) is 4.77 Å². The molecule has 3 rings (SSSR count). The first kappa shape index (κ1) is 14.2. The first-order valence-electron chi connectivity index (χ1n) is 7.67. The van der Waals surface area contributed by atoms with E-state index in [1.807, 2.05) is 4.68 Å². The molecule has 1 saturated heterocycles. The largest absolute Gasteiger partial charge is 0.376 e. The molecule has 0 radical (unpaired) electrons. The van der Waals surface area contributed by atoms with Crippen LogP contribution in [0, 0.1) is 4.77 Å². The minimum Gasteiger partial charge on any atom is -0.376 e. The maximum Gasteiger partial charge on any atom is 0.199 e. The molecule has 112 valence electrons. The minimum absolute atomic E-state index is 0.292. The van der Waals surface area contributed by atoms with Gasteiger partial charge in [-0.25, -0.2) is 4.68 Å². The molecule has 2 atom stereocenters. The third kappa shape index (κ3) is 2.82. The lowest BCUT2D eigenvalue weighted by Crippen LogP contribution is -2.47. The van der Waals surface area contributed by atoms with Crippen LogP contribution in [0.15, 0.2) is 0 Å². The van der Waals surface area contributed by atoms with E-state index in [-0.39, 0.29) is 0 Å². The topological polar surface area (TPSA) is 35.2 Å². The molecule has 1 aromatic heterocycles. The predicted molar refractivity (Wildman–Crippen MR) is 80.2 cm³/mol. The lowest BCUT2D eigenvalue weighted by molar-refractivity contribution is -0.0625. The Kier molecular flexibility index (Phi) is 4.23. The summed E-state index contributed by atoms with van der Waals surface area (Å²) < 4.78 is 10.8. The summed E-state index contributed by atoms with van der Waals surface area (Å²) in [7, 11) is 0. The third-order valence-corrected chi connectivity index (χ3v) is 4.77. The van der Waals surface area contributed by atoms with E-state index in [1.165, 1.54) is 25.1 Å². The summed E-state index contributed by atoms with van der Waals surface area (Å²) in [4.78, 5) is 2.41. The van der Waals surface area contributed by atoms with Crippen molar-refractivity contribution in [3.05, 3.63) is 10.6 Å². The molecule has 0 spiro atoms. The first-order chi connectivity index (χ1) is 9.65. The van der Waals surface area contributed by atoms with Gasteiger partial charge in [-0.05, 0) is 38.9 Å². The Morgan fingerprint density at radius 3 is 3.00 bits per heavy atom. The van der Waals surface area contributed by atoms with Crippen molar-refractivity contribution in [2.24, 2.45) is 0 Å². The van der Waals surface area contributed by atoms with Crippen LogP contribution in [0.2, 0.25) is 0 Å². The number of hydrogen-bond donors (Lipinski definition) is 0. The van der Waals surface area contributed by atoms with Gasteiger partial charge >= 0.3 is 0 Å². The van der Waals surface area contributed by atoms with E-state index < -0.39 is 0 Å². The number of ether oxygens (including phenoxy) is 1. The Bertz CT molecular complexity index is 524. The van der Waals surface area contributed by atoms with Gasteiger partial charge in [0.05, 0.1) is 19.4 Å². The van der Waals surface area contributed by atoms with Gasteiger partial charge in [0, 0.05) is 25.6 Å². The molecule has 0 amide bonds. The molecule has 0 unspecified atom stereocenters. The van der Waals surface area contributed by atoms with Crippen molar-refractivity contribution in [2.45, 2.75) is 64.9 Å². The highest BCUT2D eigenvalue weighted by Crippen LogP contribution is 2.16. The van der Waals surface area contributed by atoms with Gasteiger partial charge in [0.25, 0.3) is 0 Å². The normalized spacial score (nSPS) is 28.1. The average Bonchev–Trinajstić information content (AvgIpc) is 2.62. The molecular weight excluding hydrogens is 272 g/mol. The summed E-state index contributed by atoms with van der Waals surface area (Å²) in [6, 6.07) is 0.426. The Morgan fingerprint density at radius 2 is 2.15 bits per heavy atom. The maximum atomic E-state index is 5.68. The highest BCUT2D eigenvalue weighted by Gasteiger charge is 2.24. The molecule has 20 heavy (non-hydrogen) atoms. The van der Waals surface area contributed by atoms with Crippen molar-refractivity contribution in [3.8, 4) is 0 Å². The van der Waals surface area contributed by atoms with Gasteiger partial charge in [0.1, 0.15) is 5.82 Å². The number of hydrogen-bond acceptors (Lipinski definition) is 4. The Morgan fingerprint density at radius 1 is 1.30 bits per heavy atom. The van der Waals surface area contributed by atoms with E-state index in [2.05, 4.69) is 23.3 Å². The van der Waals surface area contributed by atoms with Gasteiger partial charge in [0.2, 0.25) is 0 Å². The molecular formula is C14H24N4OS. The van der Waals surface area contributed by atoms with Crippen LogP contribution in [0.5, 0.6) is 0 Å². The van der Waals surface area contributed by atoms with Crippen molar-refractivity contribution >= 4 is 12.2 Å². The SMILES string of the molecule is C[C@H]1CN(Cn2nc3n(c2=S)CCCCC3)[C@@H](C)CO1. The van der Waals surface area contributed by atoms with Crippen LogP contribution in [0.4, 0.5) is 0 Å². The smallest absolute Gasteiger partial charge is 0.199 e. The van der Waals surface area contributed by atoms with E-state index in [0.717, 1.165) is 37.6 Å². The van der Waals surface area contributed by atoms with Gasteiger partial charge in [-0.15, -0.1) is 0 Å². The van der Waals surface area contributed by atoms with Crippen LogP contribution in [0.25, 0.3) is 0 Å². The highest BCUT2D eigenvalue weighted by atomic mass is 32.1. The van der Waals surface area contributed by atoms with Crippen molar-refractivity contribution < 1.29 is 4.74 Å². The standard InChI is InChI=1S/C14H24N4OS/c1-11-9-19-12(2)8-16(11)10-18-14(20)17-7-5-3-4-6-13(17)15-18/h11-12H,3-10H2,1-2H3/t11-,12-/m0/s1. The number of morpholine rings is 1. The Labute approximate surface area is 125 Å². The van der Waals surface area contributed by atoms with E-state index in [1.54, 1.807) is 0 Å². The lowest BCUT2D eigenvalue weighted by atomic mass is 10.2. The van der Waals surface area contributed by atoms with Crippen molar-refractivity contribution in [1.29, 1.82) is 0 Å². The molecule has 0 N–H and O–H groups in total. The summed E-state index contributed by atoms with van der Waals surface area (Å²) in [6.45, 7) is 7.89. The quantitative estimate of drug-likeness (QED) is 0.784. The predicted octanol–water partition coefficient (Wildman–Crippen LogP) is 2.21. The van der Waals surface area contributed by atoms with Crippen LogP contribution in [0.1, 0.15) is 38.9 Å². The summed E-state index contributed by atoms with van der Waals surface area (Å²) >= 11 is 5.61. The molecule has 1 fully saturated rings. The second kappa shape index (κ2) is 5.95. The molecule has 6 heteroatoms. The fraction of sp³-hybridized carbons (Fsp3) is 0.857. The molecule has 3 heterocycles. The zero-order chi connectivity index (χ0) is 14.1. The minimum atomic E-state index is 0.292. The molecule has 0 bridgehead atoms. The summed E-state index contributed by atoms with van der Waals surface area (Å²) in [5.74, 6) is 1.17. The number of nitrogens with zero attached hydrogens (tertiary/aromatic N) is 4. The van der Waals surface area contributed by atoms with E-state index in [4.69, 9.17) is 22.1 Å². The Hall–Kier alpha value is -0.720. The zero-order valence-corrected chi connectivity index (χ0v) is 13.2. The van der Waals surface area contributed by atoms with Gasteiger partial charge in [-0.2, -0.15) is 5.10 Å². The van der Waals surface area contributed by atoms with Gasteiger partial charge in [-0.1, -0.05) is 6.42 Å². The van der Waals surface area contributed by atoms with Gasteiger partial charge < -0.3 is 9.30 Å². The van der Waals surface area contributed by atoms with Crippen molar-refractivity contribution in [2.75, 3.05) is 13.2 Å². The maximum absolute atomic E-state index is 5.68. The number of fused-ring (bicyclic) bond motifs is 1. The monoisotopic (exact) mass is 296 g/mol. The fourth-order valence-electron chi connectivity index (χ4n) is 3.06. The average molecular weight is 296 g/mol. The summed E-state index contributed by atoms with van der Waals surface area (Å²) in [5, 5.41) is 4.76. The number of aromatic nitrogens is 3. The molecule has 5 nitrogen and oxygen atoms in total. The summed E-state index contributed by atoms with van der Waals surface area (Å²) in [5.41, 5.74) is 0. The van der Waals surface area contributed by atoms with Crippen LogP contribution in [-0.4, -0.2) is 44.5 Å². The molecule has 1 aromatic rings. The number of aryl methyl sites for hydroxylation is 1. The van der Waals surface area contributed by atoms with Crippen LogP contribution in [0.3, 0.4) is 0 Å². The molecule has 0 aliphatic carbocycles. The molecule has 0 saturated carbocycles. The van der Waals surface area contributed by atoms with Crippen molar-refractivity contribution in [1.82, 2.24) is 19.2 Å². The van der Waals surface area contributed by atoms with Crippen LogP contribution < -0.4 is 0 Å². The second-order valence-electron chi connectivity index (χ2n) is 6.07.